The lowest BCUT2D eigenvalue weighted by molar-refractivity contribution is 0.398. The van der Waals surface area contributed by atoms with Crippen molar-refractivity contribution in [2.75, 3.05) is 14.1 Å². The van der Waals surface area contributed by atoms with Crippen LogP contribution in [0.4, 0.5) is 0 Å². The number of aromatic amines is 1. The molecule has 0 saturated heterocycles. The number of pyridine rings is 1. The maximum absolute atomic E-state index is 12.6. The molecule has 23 heavy (non-hydrogen) atoms. The second-order valence-electron chi connectivity index (χ2n) is 6.98. The Kier molecular flexibility index (Phi) is 4.67. The van der Waals surface area contributed by atoms with Crippen LogP contribution in [0.1, 0.15) is 46.4 Å². The molecule has 0 saturated carbocycles. The fraction of sp³-hybridized carbons (Fsp3) is 0.450. The van der Waals surface area contributed by atoms with Crippen LogP contribution in [-0.4, -0.2) is 24.0 Å². The molecule has 1 aliphatic rings. The summed E-state index contributed by atoms with van der Waals surface area (Å²) in [5, 5.41) is 0. The minimum atomic E-state index is 0.0991. The highest BCUT2D eigenvalue weighted by Crippen LogP contribution is 2.26. The Morgan fingerprint density at radius 3 is 2.65 bits per heavy atom. The highest BCUT2D eigenvalue weighted by atomic mass is 16.1. The molecule has 1 aromatic carbocycles. The van der Waals surface area contributed by atoms with E-state index in [9.17, 15) is 4.79 Å². The van der Waals surface area contributed by atoms with Crippen molar-refractivity contribution in [1.82, 2.24) is 9.88 Å². The molecule has 0 fully saturated rings. The molecule has 1 aromatic heterocycles. The molecule has 0 aliphatic heterocycles. The fourth-order valence-corrected chi connectivity index (χ4v) is 3.63. The van der Waals surface area contributed by atoms with E-state index in [0.717, 1.165) is 24.8 Å². The van der Waals surface area contributed by atoms with Crippen LogP contribution in [0.2, 0.25) is 0 Å². The Morgan fingerprint density at radius 1 is 1.13 bits per heavy atom. The molecule has 122 valence electrons. The van der Waals surface area contributed by atoms with Gasteiger partial charge >= 0.3 is 0 Å². The predicted octanol–water partition coefficient (Wildman–Crippen LogP) is 3.21. The summed E-state index contributed by atoms with van der Waals surface area (Å²) in [4.78, 5) is 17.9. The molecular formula is C20H26N2O. The Balaban J connectivity index is 2.11. The first-order valence-electron chi connectivity index (χ1n) is 8.50. The zero-order valence-corrected chi connectivity index (χ0v) is 14.4. The van der Waals surface area contributed by atoms with Crippen LogP contribution in [0.15, 0.2) is 29.1 Å². The van der Waals surface area contributed by atoms with E-state index < -0.39 is 0 Å². The SMILES string of the molecule is Cc1cccc(Cc2c3c([nH]c(=O)c2CN(C)C)CCCC3)c1. The van der Waals surface area contributed by atoms with Gasteiger partial charge < -0.3 is 9.88 Å². The average molecular weight is 310 g/mol. The van der Waals surface area contributed by atoms with E-state index in [4.69, 9.17) is 0 Å². The number of hydrogen-bond acceptors (Lipinski definition) is 2. The largest absolute Gasteiger partial charge is 0.326 e. The zero-order valence-electron chi connectivity index (χ0n) is 14.4. The Hall–Kier alpha value is -1.87. The molecule has 1 aliphatic carbocycles. The number of benzene rings is 1. The first-order valence-corrected chi connectivity index (χ1v) is 8.50. The van der Waals surface area contributed by atoms with Gasteiger partial charge in [0.25, 0.3) is 5.56 Å². The van der Waals surface area contributed by atoms with Gasteiger partial charge in [-0.1, -0.05) is 29.8 Å². The minimum Gasteiger partial charge on any atom is -0.326 e. The summed E-state index contributed by atoms with van der Waals surface area (Å²) in [5.41, 5.74) is 7.45. The van der Waals surface area contributed by atoms with Crippen LogP contribution in [0.25, 0.3) is 0 Å². The quantitative estimate of drug-likeness (QED) is 0.941. The van der Waals surface area contributed by atoms with Gasteiger partial charge in [-0.25, -0.2) is 0 Å². The van der Waals surface area contributed by atoms with Gasteiger partial charge in [0.1, 0.15) is 0 Å². The molecule has 0 unspecified atom stereocenters. The lowest BCUT2D eigenvalue weighted by atomic mass is 9.87. The molecule has 1 heterocycles. The lowest BCUT2D eigenvalue weighted by Crippen LogP contribution is -2.27. The third-order valence-electron chi connectivity index (χ3n) is 4.67. The van der Waals surface area contributed by atoms with E-state index in [2.05, 4.69) is 41.1 Å². The molecule has 2 aromatic rings. The number of hydrogen-bond donors (Lipinski definition) is 1. The number of aromatic nitrogens is 1. The van der Waals surface area contributed by atoms with Gasteiger partial charge in [0.05, 0.1) is 0 Å². The summed E-state index contributed by atoms with van der Waals surface area (Å²) < 4.78 is 0. The monoisotopic (exact) mass is 310 g/mol. The van der Waals surface area contributed by atoms with E-state index >= 15 is 0 Å². The topological polar surface area (TPSA) is 36.1 Å². The van der Waals surface area contributed by atoms with Gasteiger partial charge in [-0.3, -0.25) is 4.79 Å². The van der Waals surface area contributed by atoms with Crippen LogP contribution < -0.4 is 5.56 Å². The van der Waals surface area contributed by atoms with Gasteiger partial charge in [0.15, 0.2) is 0 Å². The molecule has 0 radical (unpaired) electrons. The van der Waals surface area contributed by atoms with Crippen molar-refractivity contribution in [2.45, 2.75) is 45.6 Å². The van der Waals surface area contributed by atoms with Gasteiger partial charge in [0.2, 0.25) is 0 Å². The average Bonchev–Trinajstić information content (AvgIpc) is 2.50. The number of H-pyrrole nitrogens is 1. The molecule has 3 nitrogen and oxygen atoms in total. The lowest BCUT2D eigenvalue weighted by Gasteiger charge is -2.23. The molecule has 0 atom stereocenters. The highest BCUT2D eigenvalue weighted by Gasteiger charge is 2.20. The first-order chi connectivity index (χ1) is 11.0. The molecule has 3 rings (SSSR count). The van der Waals surface area contributed by atoms with Crippen LogP contribution in [0.3, 0.4) is 0 Å². The number of nitrogens with one attached hydrogen (secondary N) is 1. The molecular weight excluding hydrogens is 284 g/mol. The standard InChI is InChI=1S/C20H26N2O/c1-14-7-6-8-15(11-14)12-17-16-9-4-5-10-19(16)21-20(23)18(17)13-22(2)3/h6-8,11H,4-5,9-10,12-13H2,1-3H3,(H,21,23). The number of rotatable bonds is 4. The van der Waals surface area contributed by atoms with E-state index in [1.54, 1.807) is 0 Å². The molecule has 1 N–H and O–H groups in total. The van der Waals surface area contributed by atoms with Crippen molar-refractivity contribution in [1.29, 1.82) is 0 Å². The number of aryl methyl sites for hydroxylation is 2. The highest BCUT2D eigenvalue weighted by molar-refractivity contribution is 5.42. The summed E-state index contributed by atoms with van der Waals surface area (Å²) in [6, 6.07) is 8.63. The van der Waals surface area contributed by atoms with Gasteiger partial charge in [0, 0.05) is 17.8 Å². The van der Waals surface area contributed by atoms with Crippen molar-refractivity contribution in [2.24, 2.45) is 0 Å². The number of fused-ring (bicyclic) bond motifs is 1. The van der Waals surface area contributed by atoms with Crippen LogP contribution >= 0.6 is 0 Å². The van der Waals surface area contributed by atoms with Crippen LogP contribution in [0, 0.1) is 6.92 Å². The van der Waals surface area contributed by atoms with E-state index in [-0.39, 0.29) is 5.56 Å². The third-order valence-corrected chi connectivity index (χ3v) is 4.67. The smallest absolute Gasteiger partial charge is 0.252 e. The predicted molar refractivity (Wildman–Crippen MR) is 95.1 cm³/mol. The van der Waals surface area contributed by atoms with Gasteiger partial charge in [-0.15, -0.1) is 0 Å². The van der Waals surface area contributed by atoms with E-state index in [1.807, 2.05) is 14.1 Å². The maximum atomic E-state index is 12.6. The normalized spacial score (nSPS) is 14.1. The molecule has 0 spiro atoms. The Bertz CT molecular complexity index is 759. The fourth-order valence-electron chi connectivity index (χ4n) is 3.63. The summed E-state index contributed by atoms with van der Waals surface area (Å²) in [7, 11) is 4.05. The summed E-state index contributed by atoms with van der Waals surface area (Å²) in [6.45, 7) is 2.82. The van der Waals surface area contributed by atoms with E-state index in [1.165, 1.54) is 40.8 Å². The van der Waals surface area contributed by atoms with Crippen LogP contribution in [0.5, 0.6) is 0 Å². The second-order valence-corrected chi connectivity index (χ2v) is 6.98. The van der Waals surface area contributed by atoms with Crippen molar-refractivity contribution in [3.05, 3.63) is 68.1 Å². The third kappa shape index (κ3) is 3.56. The summed E-state index contributed by atoms with van der Waals surface area (Å²) in [6.07, 6.45) is 5.36. The Labute approximate surface area is 138 Å². The van der Waals surface area contributed by atoms with Crippen molar-refractivity contribution in [3.8, 4) is 0 Å². The molecule has 0 bridgehead atoms. The maximum Gasteiger partial charge on any atom is 0.252 e. The van der Waals surface area contributed by atoms with Crippen LogP contribution in [-0.2, 0) is 25.8 Å². The molecule has 0 amide bonds. The summed E-state index contributed by atoms with van der Waals surface area (Å²) in [5.74, 6) is 0. The number of nitrogens with zero attached hydrogens (tertiary/aromatic N) is 1. The zero-order chi connectivity index (χ0) is 16.4. The van der Waals surface area contributed by atoms with E-state index in [0.29, 0.717) is 6.54 Å². The van der Waals surface area contributed by atoms with Crippen molar-refractivity contribution >= 4 is 0 Å². The summed E-state index contributed by atoms with van der Waals surface area (Å²) >= 11 is 0. The molecule has 3 heteroatoms. The van der Waals surface area contributed by atoms with Crippen molar-refractivity contribution < 1.29 is 0 Å². The van der Waals surface area contributed by atoms with Gasteiger partial charge in [-0.05, 0) is 69.8 Å². The van der Waals surface area contributed by atoms with Gasteiger partial charge in [-0.2, -0.15) is 0 Å². The van der Waals surface area contributed by atoms with Crippen molar-refractivity contribution in [3.63, 3.8) is 0 Å². The minimum absolute atomic E-state index is 0.0991. The second kappa shape index (κ2) is 6.71. The first kappa shape index (κ1) is 16.0. The Morgan fingerprint density at radius 2 is 1.91 bits per heavy atom.